The molecule has 1 aliphatic rings. The topological polar surface area (TPSA) is 90.3 Å². The molecule has 1 aromatic heterocycles. The summed E-state index contributed by atoms with van der Waals surface area (Å²) in [6.45, 7) is 4.01. The second-order valence-corrected chi connectivity index (χ2v) is 9.23. The largest absolute Gasteiger partial charge is 0.497 e. The predicted octanol–water partition coefficient (Wildman–Crippen LogP) is 3.18. The Balaban J connectivity index is 1.76. The summed E-state index contributed by atoms with van der Waals surface area (Å²) in [7, 11) is -1.70. The van der Waals surface area contributed by atoms with Crippen molar-refractivity contribution >= 4 is 21.6 Å². The number of rotatable bonds is 4. The summed E-state index contributed by atoms with van der Waals surface area (Å²) >= 11 is 0. The van der Waals surface area contributed by atoms with E-state index in [2.05, 4.69) is 10.4 Å². The van der Waals surface area contributed by atoms with Crippen molar-refractivity contribution in [3.8, 4) is 11.4 Å². The SMILES string of the molecule is COc1ccc(C(=O)Nc2c3c(nn2-c2ccc(C)c(C)c2)CS(=O)(=O)C3)cc1. The van der Waals surface area contributed by atoms with Gasteiger partial charge in [0.1, 0.15) is 11.6 Å². The van der Waals surface area contributed by atoms with Crippen molar-refractivity contribution in [3.05, 3.63) is 70.4 Å². The van der Waals surface area contributed by atoms with Gasteiger partial charge in [-0.05, 0) is 61.4 Å². The molecule has 3 aromatic rings. The summed E-state index contributed by atoms with van der Waals surface area (Å²) in [5.74, 6) is 0.445. The standard InChI is InChI=1S/C21H21N3O4S/c1-13-4-7-16(10-14(13)2)24-20(18-11-29(26,27)12-19(18)23-24)22-21(25)15-5-8-17(28-3)9-6-15/h4-10H,11-12H2,1-3H3,(H,22,25). The third-order valence-electron chi connectivity index (χ3n) is 5.11. The van der Waals surface area contributed by atoms with E-state index in [0.29, 0.717) is 28.4 Å². The van der Waals surface area contributed by atoms with Gasteiger partial charge in [-0.2, -0.15) is 5.10 Å². The predicted molar refractivity (Wildman–Crippen MR) is 110 cm³/mol. The van der Waals surface area contributed by atoms with E-state index in [-0.39, 0.29) is 17.4 Å². The van der Waals surface area contributed by atoms with E-state index in [0.717, 1.165) is 16.8 Å². The molecular weight excluding hydrogens is 390 g/mol. The monoisotopic (exact) mass is 411 g/mol. The number of hydrogen-bond donors (Lipinski definition) is 1. The zero-order chi connectivity index (χ0) is 20.8. The number of hydrogen-bond acceptors (Lipinski definition) is 5. The van der Waals surface area contributed by atoms with Gasteiger partial charge in [0.25, 0.3) is 5.91 Å². The van der Waals surface area contributed by atoms with Crippen molar-refractivity contribution in [2.24, 2.45) is 0 Å². The highest BCUT2D eigenvalue weighted by Gasteiger charge is 2.33. The van der Waals surface area contributed by atoms with E-state index < -0.39 is 9.84 Å². The fraction of sp³-hybridized carbons (Fsp3) is 0.238. The van der Waals surface area contributed by atoms with Gasteiger partial charge in [0.2, 0.25) is 0 Å². The lowest BCUT2D eigenvalue weighted by Gasteiger charge is -2.12. The van der Waals surface area contributed by atoms with Crippen LogP contribution in [0.5, 0.6) is 5.75 Å². The normalized spacial score (nSPS) is 14.4. The molecule has 0 saturated heterocycles. The van der Waals surface area contributed by atoms with Gasteiger partial charge in [-0.25, -0.2) is 13.1 Å². The Morgan fingerprint density at radius 1 is 1.07 bits per heavy atom. The number of nitrogens with one attached hydrogen (secondary N) is 1. The van der Waals surface area contributed by atoms with E-state index in [1.165, 1.54) is 0 Å². The lowest BCUT2D eigenvalue weighted by molar-refractivity contribution is 0.102. The average Bonchev–Trinajstić information content (AvgIpc) is 3.16. The van der Waals surface area contributed by atoms with Gasteiger partial charge in [0.05, 0.1) is 30.0 Å². The maximum atomic E-state index is 12.8. The van der Waals surface area contributed by atoms with Gasteiger partial charge in [0, 0.05) is 11.1 Å². The average molecular weight is 411 g/mol. The Labute approximate surface area is 169 Å². The maximum absolute atomic E-state index is 12.8. The minimum Gasteiger partial charge on any atom is -0.497 e. The van der Waals surface area contributed by atoms with Crippen LogP contribution in [0.2, 0.25) is 0 Å². The van der Waals surface area contributed by atoms with Crippen LogP contribution in [0.25, 0.3) is 5.69 Å². The Kier molecular flexibility index (Phi) is 4.66. The number of benzene rings is 2. The molecule has 0 fully saturated rings. The number of carbonyl (C=O) groups is 1. The van der Waals surface area contributed by atoms with Crippen molar-refractivity contribution in [1.82, 2.24) is 9.78 Å². The Morgan fingerprint density at radius 3 is 2.45 bits per heavy atom. The second kappa shape index (κ2) is 7.04. The summed E-state index contributed by atoms with van der Waals surface area (Å²) in [5.41, 5.74) is 4.45. The van der Waals surface area contributed by atoms with Crippen molar-refractivity contribution in [1.29, 1.82) is 0 Å². The third-order valence-corrected chi connectivity index (χ3v) is 6.55. The molecule has 0 spiro atoms. The molecule has 150 valence electrons. The number of ether oxygens (including phenoxy) is 1. The van der Waals surface area contributed by atoms with Crippen LogP contribution in [0.3, 0.4) is 0 Å². The van der Waals surface area contributed by atoms with E-state index in [9.17, 15) is 13.2 Å². The van der Waals surface area contributed by atoms with Crippen LogP contribution in [0.1, 0.15) is 32.7 Å². The molecule has 7 nitrogen and oxygen atoms in total. The van der Waals surface area contributed by atoms with Crippen molar-refractivity contribution in [3.63, 3.8) is 0 Å². The minimum atomic E-state index is -3.25. The molecule has 4 rings (SSSR count). The Morgan fingerprint density at radius 2 is 1.79 bits per heavy atom. The maximum Gasteiger partial charge on any atom is 0.256 e. The number of carbonyl (C=O) groups excluding carboxylic acids is 1. The van der Waals surface area contributed by atoms with Crippen LogP contribution in [0, 0.1) is 13.8 Å². The number of sulfone groups is 1. The number of fused-ring (bicyclic) bond motifs is 1. The highest BCUT2D eigenvalue weighted by Crippen LogP contribution is 2.33. The molecule has 0 bridgehead atoms. The van der Waals surface area contributed by atoms with Gasteiger partial charge in [-0.3, -0.25) is 4.79 Å². The van der Waals surface area contributed by atoms with Crippen LogP contribution >= 0.6 is 0 Å². The van der Waals surface area contributed by atoms with Crippen molar-refractivity contribution in [2.75, 3.05) is 12.4 Å². The molecule has 2 aromatic carbocycles. The zero-order valence-electron chi connectivity index (χ0n) is 16.4. The van der Waals surface area contributed by atoms with Gasteiger partial charge < -0.3 is 10.1 Å². The summed E-state index contributed by atoms with van der Waals surface area (Å²) in [4.78, 5) is 12.8. The van der Waals surface area contributed by atoms with Gasteiger partial charge in [0.15, 0.2) is 9.84 Å². The first-order valence-electron chi connectivity index (χ1n) is 9.11. The highest BCUT2D eigenvalue weighted by atomic mass is 32.2. The molecule has 0 unspecified atom stereocenters. The number of nitrogens with zero attached hydrogens (tertiary/aromatic N) is 2. The fourth-order valence-electron chi connectivity index (χ4n) is 3.34. The first-order chi connectivity index (χ1) is 13.8. The van der Waals surface area contributed by atoms with E-state index in [4.69, 9.17) is 4.74 Å². The molecular formula is C21H21N3O4S. The van der Waals surface area contributed by atoms with E-state index in [1.54, 1.807) is 36.1 Å². The Hall–Kier alpha value is -3.13. The fourth-order valence-corrected chi connectivity index (χ4v) is 4.83. The van der Waals surface area contributed by atoms with Gasteiger partial charge in [-0.15, -0.1) is 0 Å². The van der Waals surface area contributed by atoms with Crippen LogP contribution in [0.15, 0.2) is 42.5 Å². The first-order valence-corrected chi connectivity index (χ1v) is 10.9. The van der Waals surface area contributed by atoms with Crippen molar-refractivity contribution in [2.45, 2.75) is 25.4 Å². The van der Waals surface area contributed by atoms with Gasteiger partial charge in [-0.1, -0.05) is 6.07 Å². The number of methoxy groups -OCH3 is 1. The highest BCUT2D eigenvalue weighted by molar-refractivity contribution is 7.90. The van der Waals surface area contributed by atoms with E-state index in [1.807, 2.05) is 32.0 Å². The molecule has 29 heavy (non-hydrogen) atoms. The Bertz CT molecular complexity index is 1210. The molecule has 1 amide bonds. The van der Waals surface area contributed by atoms with Gasteiger partial charge >= 0.3 is 0 Å². The quantitative estimate of drug-likeness (QED) is 0.712. The molecule has 8 heteroatoms. The lowest BCUT2D eigenvalue weighted by Crippen LogP contribution is -2.17. The summed E-state index contributed by atoms with van der Waals surface area (Å²) in [5, 5.41) is 7.38. The number of aryl methyl sites for hydroxylation is 2. The summed E-state index contributed by atoms with van der Waals surface area (Å²) < 4.78 is 30.9. The smallest absolute Gasteiger partial charge is 0.256 e. The second-order valence-electron chi connectivity index (χ2n) is 7.17. The molecule has 0 aliphatic carbocycles. The minimum absolute atomic E-state index is 0.119. The van der Waals surface area contributed by atoms with Crippen molar-refractivity contribution < 1.29 is 17.9 Å². The molecule has 0 saturated carbocycles. The van der Waals surface area contributed by atoms with Crippen LogP contribution in [0.4, 0.5) is 5.82 Å². The van der Waals surface area contributed by atoms with Crippen LogP contribution in [-0.4, -0.2) is 31.2 Å². The summed E-state index contributed by atoms with van der Waals surface area (Å²) in [6, 6.07) is 12.6. The van der Waals surface area contributed by atoms with E-state index >= 15 is 0 Å². The number of anilines is 1. The lowest BCUT2D eigenvalue weighted by atomic mass is 10.1. The molecule has 2 heterocycles. The number of aromatic nitrogens is 2. The zero-order valence-corrected chi connectivity index (χ0v) is 17.2. The van der Waals surface area contributed by atoms with Crippen LogP contribution < -0.4 is 10.1 Å². The molecule has 1 N–H and O–H groups in total. The molecule has 1 aliphatic heterocycles. The molecule has 0 radical (unpaired) electrons. The van der Waals surface area contributed by atoms with Crippen LogP contribution in [-0.2, 0) is 21.3 Å². The number of amides is 1. The summed E-state index contributed by atoms with van der Waals surface area (Å²) in [6.07, 6.45) is 0. The molecule has 0 atom stereocenters. The third kappa shape index (κ3) is 3.63. The first kappa shape index (κ1) is 19.2.